The third kappa shape index (κ3) is 5.16. The molecule has 1 aliphatic rings. The summed E-state index contributed by atoms with van der Waals surface area (Å²) in [5.74, 6) is -0.218. The molecule has 0 aliphatic carbocycles. The first kappa shape index (κ1) is 15.1. The molecular weight excluding hydrogens is 252 g/mol. The Hall–Kier alpha value is -0.910. The Morgan fingerprint density at radius 3 is 2.39 bits per heavy atom. The van der Waals surface area contributed by atoms with E-state index in [0.29, 0.717) is 6.42 Å². The van der Waals surface area contributed by atoms with Crippen LogP contribution in [0.1, 0.15) is 32.1 Å². The number of nitrogens with zero attached hydrogens (tertiary/aromatic N) is 1. The maximum Gasteiger partial charge on any atom is 0.326 e. The van der Waals surface area contributed by atoms with E-state index in [4.69, 9.17) is 5.11 Å². The number of amides is 2. The smallest absolute Gasteiger partial charge is 0.326 e. The lowest BCUT2D eigenvalue weighted by atomic mass is 10.2. The zero-order valence-corrected chi connectivity index (χ0v) is 11.7. The second-order valence-corrected chi connectivity index (χ2v) is 5.51. The number of hydrogen-bond donors (Lipinski definition) is 2. The molecular formula is C12H22N2O3S. The van der Waals surface area contributed by atoms with E-state index in [9.17, 15) is 9.59 Å². The lowest BCUT2D eigenvalue weighted by Gasteiger charge is -2.23. The molecule has 0 aromatic carbocycles. The molecule has 0 unspecified atom stereocenters. The molecule has 5 nitrogen and oxygen atoms in total. The number of rotatable bonds is 5. The normalized spacial score (nSPS) is 17.9. The van der Waals surface area contributed by atoms with Crippen LogP contribution in [0.4, 0.5) is 4.79 Å². The summed E-state index contributed by atoms with van der Waals surface area (Å²) in [6.45, 7) is 1.47. The first-order valence-corrected chi connectivity index (χ1v) is 7.81. The number of aliphatic carboxylic acids is 1. The van der Waals surface area contributed by atoms with Crippen molar-refractivity contribution in [1.82, 2.24) is 10.2 Å². The second kappa shape index (κ2) is 8.24. The van der Waals surface area contributed by atoms with Crippen LogP contribution in [0.2, 0.25) is 0 Å². The average Bonchev–Trinajstić information content (AvgIpc) is 2.62. The van der Waals surface area contributed by atoms with Gasteiger partial charge in [-0.25, -0.2) is 9.59 Å². The Bertz CT molecular complexity index is 278. The van der Waals surface area contributed by atoms with E-state index in [1.807, 2.05) is 6.26 Å². The zero-order chi connectivity index (χ0) is 13.4. The van der Waals surface area contributed by atoms with E-state index in [0.717, 1.165) is 44.5 Å². The van der Waals surface area contributed by atoms with Gasteiger partial charge in [-0.1, -0.05) is 12.8 Å². The summed E-state index contributed by atoms with van der Waals surface area (Å²) in [6.07, 6.45) is 6.72. The van der Waals surface area contributed by atoms with Crippen molar-refractivity contribution in [3.63, 3.8) is 0 Å². The molecule has 1 aliphatic heterocycles. The fourth-order valence-corrected chi connectivity index (χ4v) is 2.48. The molecule has 0 saturated carbocycles. The lowest BCUT2D eigenvalue weighted by Crippen LogP contribution is -2.48. The fraction of sp³-hybridized carbons (Fsp3) is 0.833. The molecule has 0 spiro atoms. The summed E-state index contributed by atoms with van der Waals surface area (Å²) in [5, 5.41) is 11.7. The lowest BCUT2D eigenvalue weighted by molar-refractivity contribution is -0.139. The van der Waals surface area contributed by atoms with Crippen molar-refractivity contribution in [3.8, 4) is 0 Å². The number of nitrogens with one attached hydrogen (secondary N) is 1. The van der Waals surface area contributed by atoms with E-state index >= 15 is 0 Å². The zero-order valence-electron chi connectivity index (χ0n) is 10.9. The number of carboxylic acids is 1. The highest BCUT2D eigenvalue weighted by Gasteiger charge is 2.23. The Morgan fingerprint density at radius 2 is 1.89 bits per heavy atom. The predicted octanol–water partition coefficient (Wildman–Crippen LogP) is 1.78. The first-order valence-electron chi connectivity index (χ1n) is 6.42. The van der Waals surface area contributed by atoms with Gasteiger partial charge >= 0.3 is 12.0 Å². The van der Waals surface area contributed by atoms with Gasteiger partial charge in [-0.05, 0) is 31.3 Å². The molecule has 1 atom stereocenters. The Kier molecular flexibility index (Phi) is 6.93. The molecule has 6 heteroatoms. The molecule has 1 saturated heterocycles. The molecule has 1 fully saturated rings. The summed E-state index contributed by atoms with van der Waals surface area (Å²) in [7, 11) is 0. The van der Waals surface area contributed by atoms with Crippen molar-refractivity contribution >= 4 is 23.8 Å². The standard InChI is InChI=1S/C12H22N2O3S/c1-18-9-6-10(11(15)16)13-12(17)14-7-4-2-3-5-8-14/h10H,2-9H2,1H3,(H,13,17)(H,15,16)/t10-/m0/s1. The van der Waals surface area contributed by atoms with Gasteiger partial charge in [-0.15, -0.1) is 0 Å². The molecule has 0 bridgehead atoms. The topological polar surface area (TPSA) is 69.6 Å². The fourth-order valence-electron chi connectivity index (χ4n) is 2.01. The van der Waals surface area contributed by atoms with Crippen LogP contribution in [-0.4, -0.2) is 53.1 Å². The van der Waals surface area contributed by atoms with Crippen molar-refractivity contribution in [2.45, 2.75) is 38.1 Å². The van der Waals surface area contributed by atoms with Crippen LogP contribution in [0.25, 0.3) is 0 Å². The number of carbonyl (C=O) groups is 2. The third-order valence-corrected chi connectivity index (χ3v) is 3.74. The molecule has 2 amide bonds. The molecule has 18 heavy (non-hydrogen) atoms. The van der Waals surface area contributed by atoms with Crippen LogP contribution in [0.5, 0.6) is 0 Å². The number of thioether (sulfide) groups is 1. The molecule has 0 aromatic rings. The van der Waals surface area contributed by atoms with Gasteiger partial charge in [-0.2, -0.15) is 11.8 Å². The van der Waals surface area contributed by atoms with Gasteiger partial charge in [0, 0.05) is 13.1 Å². The minimum Gasteiger partial charge on any atom is -0.480 e. The Labute approximate surface area is 112 Å². The first-order chi connectivity index (χ1) is 8.65. The number of carbonyl (C=O) groups excluding carboxylic acids is 1. The SMILES string of the molecule is CSCC[C@H](NC(=O)N1CCCCCC1)C(=O)O. The molecule has 1 rings (SSSR count). The summed E-state index contributed by atoms with van der Waals surface area (Å²) in [5.41, 5.74) is 0. The van der Waals surface area contributed by atoms with Gasteiger partial charge in [0.25, 0.3) is 0 Å². The van der Waals surface area contributed by atoms with Crippen LogP contribution in [0.15, 0.2) is 0 Å². The summed E-state index contributed by atoms with van der Waals surface area (Å²) >= 11 is 1.59. The maximum atomic E-state index is 12.0. The van der Waals surface area contributed by atoms with Gasteiger partial charge in [0.15, 0.2) is 0 Å². The van der Waals surface area contributed by atoms with Crippen LogP contribution in [0, 0.1) is 0 Å². The van der Waals surface area contributed by atoms with E-state index in [1.54, 1.807) is 16.7 Å². The predicted molar refractivity (Wildman–Crippen MR) is 73.0 cm³/mol. The maximum absolute atomic E-state index is 12.0. The van der Waals surface area contributed by atoms with Gasteiger partial charge < -0.3 is 15.3 Å². The van der Waals surface area contributed by atoms with Crippen molar-refractivity contribution < 1.29 is 14.7 Å². The average molecular weight is 274 g/mol. The number of hydrogen-bond acceptors (Lipinski definition) is 3. The number of urea groups is 1. The quantitative estimate of drug-likeness (QED) is 0.801. The highest BCUT2D eigenvalue weighted by Crippen LogP contribution is 2.10. The Morgan fingerprint density at radius 1 is 1.28 bits per heavy atom. The minimum absolute atomic E-state index is 0.231. The van der Waals surface area contributed by atoms with E-state index < -0.39 is 12.0 Å². The summed E-state index contributed by atoms with van der Waals surface area (Å²) < 4.78 is 0. The van der Waals surface area contributed by atoms with E-state index in [2.05, 4.69) is 5.32 Å². The summed E-state index contributed by atoms with van der Waals surface area (Å²) in [6, 6.07) is -1.00. The molecule has 1 heterocycles. The van der Waals surface area contributed by atoms with Crippen molar-refractivity contribution in [3.05, 3.63) is 0 Å². The van der Waals surface area contributed by atoms with E-state index in [-0.39, 0.29) is 6.03 Å². The third-order valence-electron chi connectivity index (χ3n) is 3.10. The molecule has 0 radical (unpaired) electrons. The molecule has 0 aromatic heterocycles. The van der Waals surface area contributed by atoms with Crippen molar-refractivity contribution in [1.29, 1.82) is 0 Å². The largest absolute Gasteiger partial charge is 0.480 e. The minimum atomic E-state index is -0.952. The van der Waals surface area contributed by atoms with E-state index in [1.165, 1.54) is 0 Å². The highest BCUT2D eigenvalue weighted by molar-refractivity contribution is 7.98. The van der Waals surface area contributed by atoms with Gasteiger partial charge in [-0.3, -0.25) is 0 Å². The van der Waals surface area contributed by atoms with Crippen LogP contribution < -0.4 is 5.32 Å². The number of likely N-dealkylation sites (tertiary alicyclic amines) is 1. The van der Waals surface area contributed by atoms with Gasteiger partial charge in [0.1, 0.15) is 6.04 Å². The molecule has 104 valence electrons. The molecule has 2 N–H and O–H groups in total. The monoisotopic (exact) mass is 274 g/mol. The second-order valence-electron chi connectivity index (χ2n) is 4.52. The van der Waals surface area contributed by atoms with Gasteiger partial charge in [0.2, 0.25) is 0 Å². The van der Waals surface area contributed by atoms with Crippen molar-refractivity contribution in [2.24, 2.45) is 0 Å². The number of carboxylic acid groups (broad SMARTS) is 1. The van der Waals surface area contributed by atoms with Crippen LogP contribution >= 0.6 is 11.8 Å². The Balaban J connectivity index is 2.45. The van der Waals surface area contributed by atoms with Crippen molar-refractivity contribution in [2.75, 3.05) is 25.1 Å². The van der Waals surface area contributed by atoms with Crippen LogP contribution in [-0.2, 0) is 4.79 Å². The van der Waals surface area contributed by atoms with Crippen LogP contribution in [0.3, 0.4) is 0 Å². The highest BCUT2D eigenvalue weighted by atomic mass is 32.2. The summed E-state index contributed by atoms with van der Waals surface area (Å²) in [4.78, 5) is 24.8. The van der Waals surface area contributed by atoms with Gasteiger partial charge in [0.05, 0.1) is 0 Å².